The van der Waals surface area contributed by atoms with Gasteiger partial charge in [0.15, 0.2) is 11.5 Å². The van der Waals surface area contributed by atoms with Crippen LogP contribution in [0, 0.1) is 17.8 Å². The van der Waals surface area contributed by atoms with Crippen molar-refractivity contribution >= 4 is 11.9 Å². The first kappa shape index (κ1) is 31.7. The van der Waals surface area contributed by atoms with Crippen molar-refractivity contribution in [3.63, 3.8) is 0 Å². The highest BCUT2D eigenvalue weighted by Gasteiger charge is 2.36. The van der Waals surface area contributed by atoms with E-state index in [1.807, 2.05) is 0 Å². The smallest absolute Gasteiger partial charge is 0.306 e. The van der Waals surface area contributed by atoms with Gasteiger partial charge in [0.2, 0.25) is 0 Å². The molecule has 1 aromatic rings. The van der Waals surface area contributed by atoms with Crippen LogP contribution in [0.1, 0.15) is 71.3 Å². The maximum Gasteiger partial charge on any atom is 0.306 e. The van der Waals surface area contributed by atoms with Gasteiger partial charge in [-0.15, -0.1) is 0 Å². The number of benzene rings is 1. The lowest BCUT2D eigenvalue weighted by Gasteiger charge is -2.33. The van der Waals surface area contributed by atoms with Gasteiger partial charge in [0.25, 0.3) is 0 Å². The van der Waals surface area contributed by atoms with Crippen molar-refractivity contribution < 1.29 is 39.1 Å². The summed E-state index contributed by atoms with van der Waals surface area (Å²) in [7, 11) is 1.61. The zero-order chi connectivity index (χ0) is 27.3. The van der Waals surface area contributed by atoms with E-state index in [2.05, 4.69) is 20.8 Å². The third kappa shape index (κ3) is 10.7. The highest BCUT2D eigenvalue weighted by atomic mass is 16.5. The van der Waals surface area contributed by atoms with Crippen molar-refractivity contribution in [3.05, 3.63) is 23.8 Å². The van der Waals surface area contributed by atoms with Crippen molar-refractivity contribution in [2.24, 2.45) is 23.5 Å². The zero-order valence-electron chi connectivity index (χ0n) is 22.3. The van der Waals surface area contributed by atoms with Gasteiger partial charge in [-0.1, -0.05) is 33.8 Å². The standard InChI is InChI=1S/C27H45NO8/c1-17(2)18(3)15-21(28)26(31)25(19(4)27(32)33)20-10-11-22(35-13-7-6-9-24(29)30)23(16-20)36-14-8-12-34-5/h10-11,16-19,21,25-26,31H,6-9,12-15,28H2,1-5H3,(H,29,30)(H,32,33). The number of rotatable bonds is 19. The van der Waals surface area contributed by atoms with Gasteiger partial charge in [0.05, 0.1) is 25.2 Å². The number of carboxylic acids is 2. The van der Waals surface area contributed by atoms with Gasteiger partial charge < -0.3 is 35.3 Å². The molecule has 0 aliphatic rings. The van der Waals surface area contributed by atoms with Crippen LogP contribution in [0.15, 0.2) is 18.2 Å². The van der Waals surface area contributed by atoms with Crippen LogP contribution in [0.4, 0.5) is 0 Å². The number of nitrogens with two attached hydrogens (primary N) is 1. The molecule has 0 radical (unpaired) electrons. The SMILES string of the molecule is COCCCOc1cc(C(C(C)C(=O)O)C(O)C(N)CC(C)C(C)C)ccc1OCCCCC(=O)O. The maximum atomic E-state index is 12.0. The Morgan fingerprint density at radius 1 is 0.944 bits per heavy atom. The summed E-state index contributed by atoms with van der Waals surface area (Å²) in [5.74, 6) is -1.94. The monoisotopic (exact) mass is 511 g/mol. The number of carboxylic acid groups (broad SMARTS) is 2. The lowest BCUT2D eigenvalue weighted by molar-refractivity contribution is -0.143. The first-order valence-electron chi connectivity index (χ1n) is 12.8. The Balaban J connectivity index is 3.19. The van der Waals surface area contributed by atoms with Crippen LogP contribution in [-0.2, 0) is 14.3 Å². The van der Waals surface area contributed by atoms with Gasteiger partial charge in [-0.05, 0) is 48.8 Å². The fourth-order valence-corrected chi connectivity index (χ4v) is 3.95. The summed E-state index contributed by atoms with van der Waals surface area (Å²) in [4.78, 5) is 22.7. The fourth-order valence-electron chi connectivity index (χ4n) is 3.95. The summed E-state index contributed by atoms with van der Waals surface area (Å²) in [5, 5.41) is 29.8. The molecule has 5 atom stereocenters. The third-order valence-electron chi connectivity index (χ3n) is 6.66. The topological polar surface area (TPSA) is 149 Å². The summed E-state index contributed by atoms with van der Waals surface area (Å²) in [6.07, 6.45) is 1.28. The van der Waals surface area contributed by atoms with Gasteiger partial charge in [0, 0.05) is 38.5 Å². The molecule has 0 aliphatic carbocycles. The lowest BCUT2D eigenvalue weighted by Crippen LogP contribution is -2.43. The average molecular weight is 512 g/mol. The molecule has 0 saturated heterocycles. The molecule has 0 amide bonds. The highest BCUT2D eigenvalue weighted by molar-refractivity contribution is 5.71. The van der Waals surface area contributed by atoms with Crippen LogP contribution in [-0.4, -0.2) is 66.3 Å². The number of methoxy groups -OCH3 is 1. The number of carbonyl (C=O) groups is 2. The van der Waals surface area contributed by atoms with Gasteiger partial charge in [-0.2, -0.15) is 0 Å². The molecule has 36 heavy (non-hydrogen) atoms. The fraction of sp³-hybridized carbons (Fsp3) is 0.704. The van der Waals surface area contributed by atoms with Crippen molar-refractivity contribution in [3.8, 4) is 11.5 Å². The number of aliphatic hydroxyl groups excluding tert-OH is 1. The molecule has 9 heteroatoms. The Bertz CT molecular complexity index is 800. The van der Waals surface area contributed by atoms with Crippen LogP contribution >= 0.6 is 0 Å². The van der Waals surface area contributed by atoms with Gasteiger partial charge in [0.1, 0.15) is 0 Å². The molecule has 0 spiro atoms. The second-order valence-electron chi connectivity index (χ2n) is 9.86. The van der Waals surface area contributed by atoms with Gasteiger partial charge in [-0.25, -0.2) is 0 Å². The lowest BCUT2D eigenvalue weighted by atomic mass is 9.77. The van der Waals surface area contributed by atoms with E-state index in [0.717, 1.165) is 0 Å². The van der Waals surface area contributed by atoms with E-state index in [4.69, 9.17) is 25.1 Å². The summed E-state index contributed by atoms with van der Waals surface area (Å²) < 4.78 is 16.9. The van der Waals surface area contributed by atoms with Gasteiger partial charge in [-0.3, -0.25) is 9.59 Å². The van der Waals surface area contributed by atoms with Crippen LogP contribution in [0.5, 0.6) is 11.5 Å². The largest absolute Gasteiger partial charge is 0.490 e. The minimum absolute atomic E-state index is 0.0744. The number of hydrogen-bond donors (Lipinski definition) is 4. The van der Waals surface area contributed by atoms with Crippen LogP contribution in [0.25, 0.3) is 0 Å². The van der Waals surface area contributed by atoms with Crippen LogP contribution < -0.4 is 15.2 Å². The summed E-state index contributed by atoms with van der Waals surface area (Å²) in [6, 6.07) is 4.56. The summed E-state index contributed by atoms with van der Waals surface area (Å²) in [6.45, 7) is 9.02. The molecule has 0 fully saturated rings. The van der Waals surface area contributed by atoms with Crippen molar-refractivity contribution in [1.29, 1.82) is 0 Å². The zero-order valence-corrected chi connectivity index (χ0v) is 22.3. The molecule has 9 nitrogen and oxygen atoms in total. The molecule has 0 saturated carbocycles. The molecule has 5 N–H and O–H groups in total. The highest BCUT2D eigenvalue weighted by Crippen LogP contribution is 2.37. The first-order chi connectivity index (χ1) is 17.0. The Kier molecular flexibility index (Phi) is 14.4. The second-order valence-corrected chi connectivity index (χ2v) is 9.86. The van der Waals surface area contributed by atoms with Gasteiger partial charge >= 0.3 is 11.9 Å². The molecule has 206 valence electrons. The predicted octanol–water partition coefficient (Wildman–Crippen LogP) is 3.91. The second kappa shape index (κ2) is 16.4. The summed E-state index contributed by atoms with van der Waals surface area (Å²) >= 11 is 0. The summed E-state index contributed by atoms with van der Waals surface area (Å²) in [5.41, 5.74) is 6.98. The number of unbranched alkanes of at least 4 members (excludes halogenated alkanes) is 1. The van der Waals surface area contributed by atoms with Crippen molar-refractivity contribution in [2.45, 2.75) is 77.9 Å². The number of hydrogen-bond acceptors (Lipinski definition) is 7. The number of aliphatic carboxylic acids is 2. The molecule has 0 heterocycles. The van der Waals surface area contributed by atoms with Crippen molar-refractivity contribution in [2.75, 3.05) is 26.9 Å². The molecular weight excluding hydrogens is 466 g/mol. The third-order valence-corrected chi connectivity index (χ3v) is 6.66. The molecule has 0 aliphatic heterocycles. The molecule has 1 rings (SSSR count). The first-order valence-corrected chi connectivity index (χ1v) is 12.8. The van der Waals surface area contributed by atoms with E-state index in [-0.39, 0.29) is 12.3 Å². The molecular formula is C27H45NO8. The van der Waals surface area contributed by atoms with E-state index in [0.29, 0.717) is 68.5 Å². The molecule has 0 bridgehead atoms. The van der Waals surface area contributed by atoms with E-state index in [1.54, 1.807) is 32.2 Å². The van der Waals surface area contributed by atoms with Crippen LogP contribution in [0.2, 0.25) is 0 Å². The molecule has 5 unspecified atom stereocenters. The Labute approximate surface area is 214 Å². The Hall–Kier alpha value is -2.36. The average Bonchev–Trinajstić information content (AvgIpc) is 2.82. The van der Waals surface area contributed by atoms with E-state index >= 15 is 0 Å². The van der Waals surface area contributed by atoms with Crippen molar-refractivity contribution in [1.82, 2.24) is 0 Å². The van der Waals surface area contributed by atoms with E-state index in [9.17, 15) is 19.8 Å². The van der Waals surface area contributed by atoms with E-state index in [1.165, 1.54) is 0 Å². The molecule has 1 aromatic carbocycles. The predicted molar refractivity (Wildman–Crippen MR) is 138 cm³/mol. The minimum Gasteiger partial charge on any atom is -0.490 e. The van der Waals surface area contributed by atoms with E-state index < -0.39 is 35.9 Å². The Morgan fingerprint density at radius 2 is 1.58 bits per heavy atom. The quantitative estimate of drug-likeness (QED) is 0.203. The van der Waals surface area contributed by atoms with Crippen LogP contribution in [0.3, 0.4) is 0 Å². The molecule has 0 aromatic heterocycles. The Morgan fingerprint density at radius 3 is 2.17 bits per heavy atom. The minimum atomic E-state index is -1.07. The maximum absolute atomic E-state index is 12.0. The number of ether oxygens (including phenoxy) is 3. The normalized spacial score (nSPS) is 15.7. The number of aliphatic hydroxyl groups is 1.